The Morgan fingerprint density at radius 1 is 1.16 bits per heavy atom. The second kappa shape index (κ2) is 8.60. The number of thiophene rings is 1. The van der Waals surface area contributed by atoms with Gasteiger partial charge in [-0.1, -0.05) is 41.2 Å². The molecule has 0 saturated heterocycles. The summed E-state index contributed by atoms with van der Waals surface area (Å²) >= 11 is 0.917. The lowest BCUT2D eigenvalue weighted by molar-refractivity contribution is -0.380. The van der Waals surface area contributed by atoms with Crippen LogP contribution in [0.5, 0.6) is 0 Å². The molecule has 32 heavy (non-hydrogen) atoms. The summed E-state index contributed by atoms with van der Waals surface area (Å²) in [5.74, 6) is -0.429. The van der Waals surface area contributed by atoms with E-state index in [9.17, 15) is 19.7 Å². The molecule has 1 N–H and O–H groups in total. The summed E-state index contributed by atoms with van der Waals surface area (Å²) in [5, 5.41) is 19.1. The first kappa shape index (κ1) is 21.2. The quantitative estimate of drug-likeness (QED) is 0.455. The van der Waals surface area contributed by atoms with E-state index in [0.717, 1.165) is 16.9 Å². The highest BCUT2D eigenvalue weighted by Crippen LogP contribution is 2.34. The molecule has 1 aromatic heterocycles. The Kier molecular flexibility index (Phi) is 5.69. The number of ether oxygens (including phenoxy) is 1. The number of hydrogen-bond acceptors (Lipinski definition) is 7. The molecule has 0 spiro atoms. The number of nitro groups is 1. The number of anilines is 1. The topological polar surface area (TPSA) is 114 Å². The number of hydrazone groups is 1. The highest BCUT2D eigenvalue weighted by atomic mass is 32.1. The molecule has 0 aliphatic carbocycles. The lowest BCUT2D eigenvalue weighted by Crippen LogP contribution is -2.25. The van der Waals surface area contributed by atoms with E-state index in [2.05, 4.69) is 10.4 Å². The maximum absolute atomic E-state index is 12.4. The van der Waals surface area contributed by atoms with Crippen molar-refractivity contribution in [2.75, 3.05) is 5.32 Å². The van der Waals surface area contributed by atoms with Crippen molar-refractivity contribution in [2.24, 2.45) is 5.10 Å². The number of hydrogen-bond donors (Lipinski definition) is 1. The molecule has 3 aromatic rings. The van der Waals surface area contributed by atoms with Crippen molar-refractivity contribution in [1.82, 2.24) is 5.01 Å². The van der Waals surface area contributed by atoms with Crippen LogP contribution in [0.2, 0.25) is 0 Å². The fraction of sp³-hybridized carbons (Fsp3) is 0.136. The van der Waals surface area contributed by atoms with Crippen LogP contribution < -0.4 is 5.32 Å². The zero-order valence-corrected chi connectivity index (χ0v) is 18.0. The molecule has 4 rings (SSSR count). The van der Waals surface area contributed by atoms with Gasteiger partial charge in [-0.05, 0) is 37.3 Å². The predicted molar refractivity (Wildman–Crippen MR) is 119 cm³/mol. The van der Waals surface area contributed by atoms with Crippen LogP contribution in [0.4, 0.5) is 10.7 Å². The van der Waals surface area contributed by atoms with Gasteiger partial charge in [-0.2, -0.15) is 5.01 Å². The van der Waals surface area contributed by atoms with Crippen molar-refractivity contribution in [1.29, 1.82) is 0 Å². The van der Waals surface area contributed by atoms with E-state index < -0.39 is 11.2 Å². The molecule has 1 atom stereocenters. The second-order valence-corrected chi connectivity index (χ2v) is 8.14. The van der Waals surface area contributed by atoms with Crippen LogP contribution in [-0.2, 0) is 9.53 Å². The zero-order valence-electron chi connectivity index (χ0n) is 17.1. The molecule has 0 saturated carbocycles. The maximum Gasteiger partial charge on any atom is 0.324 e. The summed E-state index contributed by atoms with van der Waals surface area (Å²) in [6.07, 6.45) is -0.815. The van der Waals surface area contributed by atoms with Crippen LogP contribution in [0.1, 0.15) is 39.5 Å². The van der Waals surface area contributed by atoms with Crippen molar-refractivity contribution in [3.8, 4) is 0 Å². The minimum atomic E-state index is -0.815. The van der Waals surface area contributed by atoms with Gasteiger partial charge in [-0.25, -0.2) is 0 Å². The zero-order chi connectivity index (χ0) is 22.8. The lowest BCUT2D eigenvalue weighted by Gasteiger charge is -2.19. The van der Waals surface area contributed by atoms with Crippen molar-refractivity contribution in [3.63, 3.8) is 0 Å². The standard InChI is InChI=1S/C22H18N4O5S/c1-13-4-3-5-16(12-13)20(28)23-17-8-6-15(7-9-17)22-25(14(2)27)24-21(31-22)18-10-11-19(32-18)26(29)30/h3-12,22H,1-2H3,(H,23,28)/t22-/m1/s1. The van der Waals surface area contributed by atoms with Gasteiger partial charge in [0.05, 0.1) is 9.80 Å². The Labute approximate surface area is 187 Å². The van der Waals surface area contributed by atoms with Crippen molar-refractivity contribution in [2.45, 2.75) is 20.1 Å². The minimum Gasteiger partial charge on any atom is -0.445 e. The molecular weight excluding hydrogens is 432 g/mol. The van der Waals surface area contributed by atoms with E-state index >= 15 is 0 Å². The SMILES string of the molecule is CC(=O)N1N=C(c2ccc([N+](=O)[O-])s2)O[C@@H]1c1ccc(NC(=O)c2cccc(C)c2)cc1. The fourth-order valence-corrected chi connectivity index (χ4v) is 3.89. The predicted octanol–water partition coefficient (Wildman–Crippen LogP) is 4.46. The number of aryl methyl sites for hydroxylation is 1. The van der Waals surface area contributed by atoms with Gasteiger partial charge in [-0.15, -0.1) is 5.10 Å². The molecule has 2 heterocycles. The minimum absolute atomic E-state index is 0.0437. The second-order valence-electron chi connectivity index (χ2n) is 7.08. The summed E-state index contributed by atoms with van der Waals surface area (Å²) < 4.78 is 5.86. The van der Waals surface area contributed by atoms with E-state index in [1.54, 1.807) is 36.4 Å². The number of benzene rings is 2. The van der Waals surface area contributed by atoms with Gasteiger partial charge in [-0.3, -0.25) is 19.7 Å². The van der Waals surface area contributed by atoms with Gasteiger partial charge in [0.25, 0.3) is 11.8 Å². The van der Waals surface area contributed by atoms with Crippen molar-refractivity contribution < 1.29 is 19.2 Å². The van der Waals surface area contributed by atoms with Crippen LogP contribution in [0, 0.1) is 17.0 Å². The number of carbonyl (C=O) groups excluding carboxylic acids is 2. The van der Waals surface area contributed by atoms with Gasteiger partial charge in [0, 0.05) is 29.8 Å². The molecule has 0 bridgehead atoms. The van der Waals surface area contributed by atoms with Crippen LogP contribution in [0.3, 0.4) is 0 Å². The number of carbonyl (C=O) groups is 2. The number of rotatable bonds is 5. The highest BCUT2D eigenvalue weighted by molar-refractivity contribution is 7.17. The average Bonchev–Trinajstić information content (AvgIpc) is 3.42. The van der Waals surface area contributed by atoms with Crippen LogP contribution in [-0.4, -0.2) is 27.6 Å². The lowest BCUT2D eigenvalue weighted by atomic mass is 10.1. The van der Waals surface area contributed by atoms with Gasteiger partial charge in [0.1, 0.15) is 0 Å². The van der Waals surface area contributed by atoms with E-state index in [-0.39, 0.29) is 22.7 Å². The van der Waals surface area contributed by atoms with E-state index in [1.165, 1.54) is 24.1 Å². The number of amides is 2. The molecule has 0 radical (unpaired) electrons. The highest BCUT2D eigenvalue weighted by Gasteiger charge is 2.34. The third kappa shape index (κ3) is 4.35. The Bertz CT molecular complexity index is 1240. The fourth-order valence-electron chi connectivity index (χ4n) is 3.14. The van der Waals surface area contributed by atoms with Gasteiger partial charge in [0.2, 0.25) is 12.1 Å². The largest absolute Gasteiger partial charge is 0.445 e. The Balaban J connectivity index is 1.50. The summed E-state index contributed by atoms with van der Waals surface area (Å²) in [6.45, 7) is 3.27. The summed E-state index contributed by atoms with van der Waals surface area (Å²) in [5.41, 5.74) is 2.77. The molecule has 9 nitrogen and oxygen atoms in total. The molecule has 10 heteroatoms. The number of nitrogens with one attached hydrogen (secondary N) is 1. The summed E-state index contributed by atoms with van der Waals surface area (Å²) in [7, 11) is 0. The average molecular weight is 450 g/mol. The Morgan fingerprint density at radius 2 is 1.91 bits per heavy atom. The molecule has 0 unspecified atom stereocenters. The van der Waals surface area contributed by atoms with Gasteiger partial charge >= 0.3 is 5.00 Å². The molecule has 162 valence electrons. The molecule has 1 aliphatic heterocycles. The molecular formula is C22H18N4O5S. The van der Waals surface area contributed by atoms with E-state index in [0.29, 0.717) is 21.7 Å². The van der Waals surface area contributed by atoms with Crippen LogP contribution in [0.15, 0.2) is 65.8 Å². The first-order valence-electron chi connectivity index (χ1n) is 9.59. The van der Waals surface area contributed by atoms with Crippen molar-refractivity contribution >= 4 is 39.7 Å². The third-order valence-corrected chi connectivity index (χ3v) is 5.71. The van der Waals surface area contributed by atoms with E-state index in [4.69, 9.17) is 4.74 Å². The summed E-state index contributed by atoms with van der Waals surface area (Å²) in [4.78, 5) is 35.4. The van der Waals surface area contributed by atoms with Gasteiger partial charge in [0.15, 0.2) is 0 Å². The Hall–Kier alpha value is -4.05. The molecule has 0 fully saturated rings. The molecule has 1 aliphatic rings. The Morgan fingerprint density at radius 3 is 2.53 bits per heavy atom. The van der Waals surface area contributed by atoms with Crippen LogP contribution in [0.25, 0.3) is 0 Å². The van der Waals surface area contributed by atoms with Crippen molar-refractivity contribution in [3.05, 3.63) is 92.3 Å². The molecule has 2 aromatic carbocycles. The van der Waals surface area contributed by atoms with E-state index in [1.807, 2.05) is 19.1 Å². The van der Waals surface area contributed by atoms with Crippen LogP contribution >= 0.6 is 11.3 Å². The monoisotopic (exact) mass is 450 g/mol. The van der Waals surface area contributed by atoms with Gasteiger partial charge < -0.3 is 10.1 Å². The summed E-state index contributed by atoms with van der Waals surface area (Å²) in [6, 6.07) is 17.0. The normalized spacial score (nSPS) is 15.1. The smallest absolute Gasteiger partial charge is 0.324 e. The third-order valence-electron chi connectivity index (χ3n) is 4.68. The first-order valence-corrected chi connectivity index (χ1v) is 10.4. The molecule has 2 amide bonds. The number of nitrogens with zero attached hydrogens (tertiary/aromatic N) is 3. The first-order chi connectivity index (χ1) is 15.3. The maximum atomic E-state index is 12.4.